The van der Waals surface area contributed by atoms with Crippen LogP contribution in [-0.2, 0) is 0 Å². The molecule has 1 N–H and O–H groups in total. The Morgan fingerprint density at radius 1 is 1.50 bits per heavy atom. The molecule has 1 fully saturated rings. The monoisotopic (exact) mass is 292 g/mol. The summed E-state index contributed by atoms with van der Waals surface area (Å²) >= 11 is 5.50. The summed E-state index contributed by atoms with van der Waals surface area (Å²) in [6, 6.07) is 6.11. The lowest BCUT2D eigenvalue weighted by atomic mass is 9.81. The van der Waals surface area contributed by atoms with Crippen LogP contribution >= 0.6 is 12.2 Å². The molecule has 1 aromatic rings. The van der Waals surface area contributed by atoms with E-state index >= 15 is 0 Å². The number of hydrogen-bond acceptors (Lipinski definition) is 3. The second-order valence-corrected chi connectivity index (χ2v) is 5.91. The standard InChI is InChI=1S/C15H20N2O2S/c1-5-17-14(20)16-13-9(2)15(17,3)19-12-7-6-10(18-4)8-11(12)13/h6-9,13H,5H2,1-4H3,(H,16,20). The van der Waals surface area contributed by atoms with Crippen molar-refractivity contribution in [3.63, 3.8) is 0 Å². The molecule has 5 heteroatoms. The predicted molar refractivity (Wildman–Crippen MR) is 82.0 cm³/mol. The van der Waals surface area contributed by atoms with Crippen LogP contribution in [0.3, 0.4) is 0 Å². The SMILES string of the molecule is CCN1C(=S)NC2c3cc(OC)ccc3OC1(C)C2C. The predicted octanol–water partition coefficient (Wildman–Crippen LogP) is 2.69. The topological polar surface area (TPSA) is 33.7 Å². The first kappa shape index (κ1) is 13.5. The van der Waals surface area contributed by atoms with Crippen molar-refractivity contribution in [2.75, 3.05) is 13.7 Å². The molecule has 20 heavy (non-hydrogen) atoms. The van der Waals surface area contributed by atoms with Gasteiger partial charge in [0.2, 0.25) is 0 Å². The molecule has 3 unspecified atom stereocenters. The smallest absolute Gasteiger partial charge is 0.186 e. The Balaban J connectivity index is 2.12. The summed E-state index contributed by atoms with van der Waals surface area (Å²) in [6.45, 7) is 7.24. The van der Waals surface area contributed by atoms with Gasteiger partial charge in [0, 0.05) is 18.0 Å². The Kier molecular flexibility index (Phi) is 3.05. The molecule has 3 rings (SSSR count). The van der Waals surface area contributed by atoms with Crippen molar-refractivity contribution >= 4 is 17.3 Å². The number of nitrogens with zero attached hydrogens (tertiary/aromatic N) is 1. The third kappa shape index (κ3) is 1.69. The molecular formula is C15H20N2O2S. The number of rotatable bonds is 2. The first-order valence-corrected chi connectivity index (χ1v) is 7.37. The van der Waals surface area contributed by atoms with Gasteiger partial charge in [-0.15, -0.1) is 0 Å². The van der Waals surface area contributed by atoms with Gasteiger partial charge in [0.25, 0.3) is 0 Å². The van der Waals surface area contributed by atoms with Crippen molar-refractivity contribution < 1.29 is 9.47 Å². The van der Waals surface area contributed by atoms with Gasteiger partial charge < -0.3 is 19.7 Å². The van der Waals surface area contributed by atoms with Crippen LogP contribution in [0.15, 0.2) is 18.2 Å². The molecule has 1 saturated heterocycles. The highest BCUT2D eigenvalue weighted by molar-refractivity contribution is 7.80. The van der Waals surface area contributed by atoms with Crippen molar-refractivity contribution in [3.8, 4) is 11.5 Å². The Morgan fingerprint density at radius 2 is 2.25 bits per heavy atom. The number of benzene rings is 1. The summed E-state index contributed by atoms with van der Waals surface area (Å²) in [7, 11) is 1.68. The Morgan fingerprint density at radius 3 is 2.90 bits per heavy atom. The minimum atomic E-state index is -0.399. The molecule has 0 aromatic heterocycles. The number of fused-ring (bicyclic) bond motifs is 4. The van der Waals surface area contributed by atoms with Gasteiger partial charge in [-0.3, -0.25) is 0 Å². The molecule has 0 aliphatic carbocycles. The van der Waals surface area contributed by atoms with Crippen LogP contribution in [-0.4, -0.2) is 29.4 Å². The van der Waals surface area contributed by atoms with Crippen molar-refractivity contribution in [1.29, 1.82) is 0 Å². The average Bonchev–Trinajstić information content (AvgIpc) is 2.42. The van der Waals surface area contributed by atoms with Crippen LogP contribution in [0.5, 0.6) is 11.5 Å². The van der Waals surface area contributed by atoms with Gasteiger partial charge >= 0.3 is 0 Å². The summed E-state index contributed by atoms with van der Waals surface area (Å²) in [4.78, 5) is 2.12. The number of thiocarbonyl (C=S) groups is 1. The van der Waals surface area contributed by atoms with Crippen molar-refractivity contribution in [2.45, 2.75) is 32.5 Å². The Hall–Kier alpha value is -1.49. The minimum absolute atomic E-state index is 0.161. The van der Waals surface area contributed by atoms with Gasteiger partial charge in [-0.05, 0) is 44.3 Å². The van der Waals surface area contributed by atoms with E-state index in [9.17, 15) is 0 Å². The fraction of sp³-hybridized carbons (Fsp3) is 0.533. The highest BCUT2D eigenvalue weighted by Gasteiger charge is 2.52. The zero-order chi connectivity index (χ0) is 14.5. The van der Waals surface area contributed by atoms with E-state index in [-0.39, 0.29) is 12.0 Å². The molecule has 0 radical (unpaired) electrons. The molecule has 1 aromatic carbocycles. The molecule has 2 aliphatic rings. The maximum Gasteiger partial charge on any atom is 0.186 e. The van der Waals surface area contributed by atoms with E-state index in [1.807, 2.05) is 18.2 Å². The van der Waals surface area contributed by atoms with E-state index in [1.54, 1.807) is 7.11 Å². The third-order valence-corrected chi connectivity index (χ3v) is 4.93. The van der Waals surface area contributed by atoms with Crippen LogP contribution < -0.4 is 14.8 Å². The molecule has 0 amide bonds. The van der Waals surface area contributed by atoms with Crippen LogP contribution in [0, 0.1) is 5.92 Å². The lowest BCUT2D eigenvalue weighted by molar-refractivity contribution is -0.108. The normalized spacial score (nSPS) is 31.2. The molecule has 2 aliphatic heterocycles. The number of nitrogens with one attached hydrogen (secondary N) is 1. The lowest BCUT2D eigenvalue weighted by Crippen LogP contribution is -2.68. The fourth-order valence-corrected chi connectivity index (χ4v) is 3.69. The second kappa shape index (κ2) is 4.52. The first-order valence-electron chi connectivity index (χ1n) is 6.96. The quantitative estimate of drug-likeness (QED) is 0.848. The summed E-state index contributed by atoms with van der Waals surface area (Å²) in [6.07, 6.45) is 0. The largest absolute Gasteiger partial charge is 0.497 e. The number of ether oxygens (including phenoxy) is 2. The lowest BCUT2D eigenvalue weighted by Gasteiger charge is -2.56. The summed E-state index contributed by atoms with van der Waals surface area (Å²) in [5.74, 6) is 2.03. The van der Waals surface area contributed by atoms with Gasteiger partial charge in [0.05, 0.1) is 13.2 Å². The van der Waals surface area contributed by atoms with Crippen LogP contribution in [0.1, 0.15) is 32.4 Å². The second-order valence-electron chi connectivity index (χ2n) is 5.52. The highest BCUT2D eigenvalue weighted by Crippen LogP contribution is 2.48. The van der Waals surface area contributed by atoms with Gasteiger partial charge in [-0.25, -0.2) is 0 Å². The fourth-order valence-electron chi connectivity index (χ4n) is 3.26. The average molecular weight is 292 g/mol. The van der Waals surface area contributed by atoms with Crippen LogP contribution in [0.4, 0.5) is 0 Å². The van der Waals surface area contributed by atoms with Crippen LogP contribution in [0.2, 0.25) is 0 Å². The molecule has 4 nitrogen and oxygen atoms in total. The molecule has 0 saturated carbocycles. The zero-order valence-electron chi connectivity index (χ0n) is 12.3. The highest BCUT2D eigenvalue weighted by atomic mass is 32.1. The summed E-state index contributed by atoms with van der Waals surface area (Å²) < 4.78 is 11.6. The summed E-state index contributed by atoms with van der Waals surface area (Å²) in [5.41, 5.74) is 0.719. The first-order chi connectivity index (χ1) is 9.51. The minimum Gasteiger partial charge on any atom is -0.497 e. The van der Waals surface area contributed by atoms with Gasteiger partial charge in [0.1, 0.15) is 11.5 Å². The van der Waals surface area contributed by atoms with Crippen LogP contribution in [0.25, 0.3) is 0 Å². The van der Waals surface area contributed by atoms with Crippen molar-refractivity contribution in [1.82, 2.24) is 10.2 Å². The molecule has 0 spiro atoms. The molecule has 2 heterocycles. The number of hydrogen-bond donors (Lipinski definition) is 1. The number of methoxy groups -OCH3 is 1. The summed E-state index contributed by atoms with van der Waals surface area (Å²) in [5, 5.41) is 4.21. The van der Waals surface area contributed by atoms with E-state index in [0.717, 1.165) is 28.7 Å². The van der Waals surface area contributed by atoms with E-state index in [2.05, 4.69) is 31.0 Å². The molecular weight excluding hydrogens is 272 g/mol. The molecule has 108 valence electrons. The maximum atomic E-state index is 6.32. The van der Waals surface area contributed by atoms with E-state index in [4.69, 9.17) is 21.7 Å². The van der Waals surface area contributed by atoms with E-state index < -0.39 is 5.72 Å². The molecule has 3 atom stereocenters. The maximum absolute atomic E-state index is 6.32. The van der Waals surface area contributed by atoms with Crippen molar-refractivity contribution in [3.05, 3.63) is 23.8 Å². The Bertz CT molecular complexity index is 563. The Labute approximate surface area is 125 Å². The van der Waals surface area contributed by atoms with Gasteiger partial charge in [0.15, 0.2) is 10.8 Å². The molecule has 2 bridgehead atoms. The third-order valence-electron chi connectivity index (χ3n) is 4.59. The van der Waals surface area contributed by atoms with Gasteiger partial charge in [-0.1, -0.05) is 6.92 Å². The van der Waals surface area contributed by atoms with Gasteiger partial charge in [-0.2, -0.15) is 0 Å². The zero-order valence-corrected chi connectivity index (χ0v) is 13.1. The van der Waals surface area contributed by atoms with Crippen molar-refractivity contribution in [2.24, 2.45) is 5.92 Å². The van der Waals surface area contributed by atoms with E-state index in [1.165, 1.54) is 0 Å². The van der Waals surface area contributed by atoms with E-state index in [0.29, 0.717) is 0 Å².